The van der Waals surface area contributed by atoms with Gasteiger partial charge in [0.1, 0.15) is 0 Å². The lowest BCUT2D eigenvalue weighted by molar-refractivity contribution is -0.137. The molecular formula is C16H29N3O2. The van der Waals surface area contributed by atoms with Crippen LogP contribution >= 0.6 is 0 Å². The Morgan fingerprint density at radius 2 is 1.86 bits per heavy atom. The quantitative estimate of drug-likeness (QED) is 0.829. The molecule has 1 amide bonds. The minimum atomic E-state index is 0.0216. The first-order valence-corrected chi connectivity index (χ1v) is 8.63. The fourth-order valence-corrected chi connectivity index (χ4v) is 4.05. The number of carbonyl (C=O) groups is 1. The van der Waals surface area contributed by atoms with Gasteiger partial charge in [0.15, 0.2) is 0 Å². The van der Waals surface area contributed by atoms with E-state index in [1.165, 1.54) is 25.9 Å². The van der Waals surface area contributed by atoms with Crippen LogP contribution < -0.4 is 5.32 Å². The molecule has 21 heavy (non-hydrogen) atoms. The Labute approximate surface area is 128 Å². The summed E-state index contributed by atoms with van der Waals surface area (Å²) >= 11 is 0. The molecule has 0 radical (unpaired) electrons. The zero-order chi connectivity index (χ0) is 14.7. The number of amides is 1. The van der Waals surface area contributed by atoms with Crippen LogP contribution in [0.3, 0.4) is 0 Å². The van der Waals surface area contributed by atoms with Gasteiger partial charge in [0.25, 0.3) is 0 Å². The third-order valence-corrected chi connectivity index (χ3v) is 5.30. The molecule has 0 saturated carbocycles. The Bertz CT molecular complexity index is 349. The minimum absolute atomic E-state index is 0.0216. The molecule has 0 bridgehead atoms. The van der Waals surface area contributed by atoms with E-state index >= 15 is 0 Å². The summed E-state index contributed by atoms with van der Waals surface area (Å²) in [6.07, 6.45) is 4.99. The van der Waals surface area contributed by atoms with Gasteiger partial charge in [-0.25, -0.2) is 0 Å². The van der Waals surface area contributed by atoms with Crippen molar-refractivity contribution in [3.8, 4) is 0 Å². The van der Waals surface area contributed by atoms with Gasteiger partial charge in [0.05, 0.1) is 19.1 Å². The van der Waals surface area contributed by atoms with E-state index in [1.54, 1.807) is 0 Å². The number of nitrogens with zero attached hydrogens (tertiary/aromatic N) is 2. The van der Waals surface area contributed by atoms with Gasteiger partial charge < -0.3 is 19.9 Å². The molecule has 0 aromatic carbocycles. The SMILES string of the molecule is CCNC1COCC1C(=O)N1CCC(N2CCCC2)CC1. The van der Waals surface area contributed by atoms with E-state index in [0.29, 0.717) is 25.2 Å². The van der Waals surface area contributed by atoms with Crippen molar-refractivity contribution in [3.05, 3.63) is 0 Å². The Balaban J connectivity index is 1.50. The van der Waals surface area contributed by atoms with Gasteiger partial charge >= 0.3 is 0 Å². The second-order valence-electron chi connectivity index (χ2n) is 6.61. The minimum Gasteiger partial charge on any atom is -0.379 e. The van der Waals surface area contributed by atoms with E-state index in [2.05, 4.69) is 22.0 Å². The maximum Gasteiger partial charge on any atom is 0.229 e. The number of piperidine rings is 1. The van der Waals surface area contributed by atoms with Crippen molar-refractivity contribution in [2.45, 2.75) is 44.7 Å². The standard InChI is InChI=1S/C16H29N3O2/c1-2-17-15-12-21-11-14(15)16(20)19-9-5-13(6-10-19)18-7-3-4-8-18/h13-15,17H,2-12H2,1H3. The molecule has 0 aliphatic carbocycles. The zero-order valence-corrected chi connectivity index (χ0v) is 13.2. The normalized spacial score (nSPS) is 32.0. The zero-order valence-electron chi connectivity index (χ0n) is 13.2. The van der Waals surface area contributed by atoms with Gasteiger partial charge in [-0.1, -0.05) is 6.92 Å². The molecule has 3 heterocycles. The van der Waals surface area contributed by atoms with Gasteiger partial charge in [-0.05, 0) is 45.3 Å². The van der Waals surface area contributed by atoms with Crippen LogP contribution in [-0.4, -0.2) is 73.7 Å². The summed E-state index contributed by atoms with van der Waals surface area (Å²) in [7, 11) is 0. The number of rotatable bonds is 4. The number of likely N-dealkylation sites (tertiary alicyclic amines) is 2. The summed E-state index contributed by atoms with van der Waals surface area (Å²) in [4.78, 5) is 17.4. The van der Waals surface area contributed by atoms with Crippen molar-refractivity contribution in [2.75, 3.05) is 45.9 Å². The van der Waals surface area contributed by atoms with E-state index in [-0.39, 0.29) is 12.0 Å². The molecule has 2 atom stereocenters. The summed E-state index contributed by atoms with van der Waals surface area (Å²) in [6, 6.07) is 0.916. The number of hydrogen-bond donors (Lipinski definition) is 1. The first-order valence-electron chi connectivity index (χ1n) is 8.63. The summed E-state index contributed by atoms with van der Waals surface area (Å²) < 4.78 is 5.52. The van der Waals surface area contributed by atoms with Crippen LogP contribution in [0.1, 0.15) is 32.6 Å². The van der Waals surface area contributed by atoms with Crippen LogP contribution in [0, 0.1) is 5.92 Å². The highest BCUT2D eigenvalue weighted by Crippen LogP contribution is 2.24. The second-order valence-corrected chi connectivity index (χ2v) is 6.61. The number of hydrogen-bond acceptors (Lipinski definition) is 4. The molecule has 2 unspecified atom stereocenters. The first-order chi connectivity index (χ1) is 10.3. The molecule has 0 aromatic rings. The van der Waals surface area contributed by atoms with E-state index in [4.69, 9.17) is 4.74 Å². The van der Waals surface area contributed by atoms with Crippen LogP contribution in [0.25, 0.3) is 0 Å². The van der Waals surface area contributed by atoms with E-state index in [9.17, 15) is 4.79 Å². The van der Waals surface area contributed by atoms with Gasteiger partial charge in [-0.3, -0.25) is 4.79 Å². The molecule has 0 aromatic heterocycles. The summed E-state index contributed by atoms with van der Waals surface area (Å²) in [5, 5.41) is 3.39. The molecule has 3 saturated heterocycles. The number of carbonyl (C=O) groups excluding carboxylic acids is 1. The smallest absolute Gasteiger partial charge is 0.229 e. The van der Waals surface area contributed by atoms with Gasteiger partial charge in [-0.2, -0.15) is 0 Å². The highest BCUT2D eigenvalue weighted by atomic mass is 16.5. The molecule has 120 valence electrons. The van der Waals surface area contributed by atoms with E-state index in [0.717, 1.165) is 32.5 Å². The molecule has 3 aliphatic rings. The summed E-state index contributed by atoms with van der Waals surface area (Å²) in [5.41, 5.74) is 0. The molecule has 0 spiro atoms. The maximum atomic E-state index is 12.7. The van der Waals surface area contributed by atoms with Crippen molar-refractivity contribution in [1.29, 1.82) is 0 Å². The molecule has 3 aliphatic heterocycles. The predicted octanol–water partition coefficient (Wildman–Crippen LogP) is 0.698. The highest BCUT2D eigenvalue weighted by molar-refractivity contribution is 5.80. The van der Waals surface area contributed by atoms with Gasteiger partial charge in [-0.15, -0.1) is 0 Å². The summed E-state index contributed by atoms with van der Waals surface area (Å²) in [6.45, 7) is 8.62. The predicted molar refractivity (Wildman–Crippen MR) is 82.2 cm³/mol. The average molecular weight is 295 g/mol. The maximum absolute atomic E-state index is 12.7. The molecule has 5 heteroatoms. The third-order valence-electron chi connectivity index (χ3n) is 5.30. The van der Waals surface area contributed by atoms with Crippen LogP contribution in [0.2, 0.25) is 0 Å². The van der Waals surface area contributed by atoms with Crippen molar-refractivity contribution in [3.63, 3.8) is 0 Å². The Morgan fingerprint density at radius 1 is 1.14 bits per heavy atom. The van der Waals surface area contributed by atoms with E-state index < -0.39 is 0 Å². The van der Waals surface area contributed by atoms with Crippen molar-refractivity contribution >= 4 is 5.91 Å². The number of likely N-dealkylation sites (N-methyl/N-ethyl adjacent to an activating group) is 1. The Morgan fingerprint density at radius 3 is 2.52 bits per heavy atom. The lowest BCUT2D eigenvalue weighted by Crippen LogP contribution is -2.50. The molecule has 5 nitrogen and oxygen atoms in total. The first kappa shape index (κ1) is 15.3. The Hall–Kier alpha value is -0.650. The number of ether oxygens (including phenoxy) is 1. The average Bonchev–Trinajstić information content (AvgIpc) is 3.19. The largest absolute Gasteiger partial charge is 0.379 e. The van der Waals surface area contributed by atoms with Crippen LogP contribution in [0.15, 0.2) is 0 Å². The third kappa shape index (κ3) is 3.41. The lowest BCUT2D eigenvalue weighted by atomic mass is 9.98. The monoisotopic (exact) mass is 295 g/mol. The lowest BCUT2D eigenvalue weighted by Gasteiger charge is -2.38. The van der Waals surface area contributed by atoms with Crippen LogP contribution in [0.5, 0.6) is 0 Å². The molecule has 3 rings (SSSR count). The van der Waals surface area contributed by atoms with Crippen molar-refractivity contribution in [2.24, 2.45) is 5.92 Å². The van der Waals surface area contributed by atoms with Crippen molar-refractivity contribution < 1.29 is 9.53 Å². The number of nitrogens with one attached hydrogen (secondary N) is 1. The molecule has 3 fully saturated rings. The second kappa shape index (κ2) is 7.07. The summed E-state index contributed by atoms with van der Waals surface area (Å²) in [5.74, 6) is 0.326. The fourth-order valence-electron chi connectivity index (χ4n) is 4.05. The van der Waals surface area contributed by atoms with Gasteiger partial charge in [0.2, 0.25) is 5.91 Å². The van der Waals surface area contributed by atoms with Crippen LogP contribution in [0.4, 0.5) is 0 Å². The highest BCUT2D eigenvalue weighted by Gasteiger charge is 2.37. The Kier molecular flexibility index (Phi) is 5.14. The topological polar surface area (TPSA) is 44.8 Å². The van der Waals surface area contributed by atoms with Crippen molar-refractivity contribution in [1.82, 2.24) is 15.1 Å². The van der Waals surface area contributed by atoms with Crippen LogP contribution in [-0.2, 0) is 9.53 Å². The fraction of sp³-hybridized carbons (Fsp3) is 0.938. The van der Waals surface area contributed by atoms with E-state index in [1.807, 2.05) is 0 Å². The molecular weight excluding hydrogens is 266 g/mol. The van der Waals surface area contributed by atoms with Gasteiger partial charge in [0, 0.05) is 25.2 Å². The molecule has 1 N–H and O–H groups in total.